The summed E-state index contributed by atoms with van der Waals surface area (Å²) in [6, 6.07) is 5.04. The van der Waals surface area contributed by atoms with Gasteiger partial charge in [0.05, 0.1) is 12.2 Å². The molecule has 0 saturated carbocycles. The first kappa shape index (κ1) is 15.3. The van der Waals surface area contributed by atoms with E-state index in [4.69, 9.17) is 10.5 Å². The van der Waals surface area contributed by atoms with Crippen LogP contribution in [0.4, 0.5) is 13.2 Å². The predicted molar refractivity (Wildman–Crippen MR) is 64.5 cm³/mol. The number of alkyl halides is 3. The Bertz CT molecular complexity index is 432. The number of benzene rings is 1. The lowest BCUT2D eigenvalue weighted by Gasteiger charge is -2.14. The van der Waals surface area contributed by atoms with Gasteiger partial charge in [-0.3, -0.25) is 4.79 Å². The Kier molecular flexibility index (Phi) is 5.20. The van der Waals surface area contributed by atoms with Gasteiger partial charge in [-0.1, -0.05) is 19.1 Å². The summed E-state index contributed by atoms with van der Waals surface area (Å²) in [7, 11) is 0. The molecule has 6 heteroatoms. The Balaban J connectivity index is 2.52. The second kappa shape index (κ2) is 6.45. The maximum Gasteiger partial charge on any atom is 0.419 e. The molecule has 0 aromatic heterocycles. The van der Waals surface area contributed by atoms with Crippen molar-refractivity contribution in [2.45, 2.75) is 25.9 Å². The van der Waals surface area contributed by atoms with E-state index in [0.29, 0.717) is 12.8 Å². The lowest BCUT2D eigenvalue weighted by atomic mass is 10.1. The van der Waals surface area contributed by atoms with Crippen LogP contribution < -0.4 is 10.5 Å². The van der Waals surface area contributed by atoms with Crippen LogP contribution in [0.25, 0.3) is 0 Å². The minimum atomic E-state index is -4.43. The van der Waals surface area contributed by atoms with E-state index in [0.717, 1.165) is 6.07 Å². The van der Waals surface area contributed by atoms with E-state index in [1.54, 1.807) is 6.92 Å². The van der Waals surface area contributed by atoms with Crippen molar-refractivity contribution in [2.24, 2.45) is 11.7 Å². The number of amides is 1. The molecule has 2 N–H and O–H groups in total. The molecule has 0 aliphatic carbocycles. The molecule has 1 amide bonds. The van der Waals surface area contributed by atoms with Gasteiger partial charge in [-0.2, -0.15) is 13.2 Å². The van der Waals surface area contributed by atoms with Crippen LogP contribution >= 0.6 is 0 Å². The van der Waals surface area contributed by atoms with E-state index in [-0.39, 0.29) is 18.3 Å². The Morgan fingerprint density at radius 3 is 2.58 bits per heavy atom. The summed E-state index contributed by atoms with van der Waals surface area (Å²) in [6.45, 7) is 1.79. The number of rotatable bonds is 6. The first-order valence-corrected chi connectivity index (χ1v) is 5.90. The number of para-hydroxylation sites is 1. The highest BCUT2D eigenvalue weighted by molar-refractivity contribution is 5.76. The molecular formula is C13H16F3NO2. The van der Waals surface area contributed by atoms with E-state index in [9.17, 15) is 18.0 Å². The molecule has 0 heterocycles. The van der Waals surface area contributed by atoms with E-state index >= 15 is 0 Å². The fourth-order valence-corrected chi connectivity index (χ4v) is 1.54. The number of carbonyl (C=O) groups is 1. The zero-order valence-electron chi connectivity index (χ0n) is 10.5. The maximum absolute atomic E-state index is 12.7. The summed E-state index contributed by atoms with van der Waals surface area (Å²) in [5.74, 6) is -0.918. The van der Waals surface area contributed by atoms with Gasteiger partial charge in [-0.05, 0) is 25.0 Å². The first-order valence-electron chi connectivity index (χ1n) is 5.90. The predicted octanol–water partition coefficient (Wildman–Crippen LogP) is 2.99. The molecule has 1 aromatic carbocycles. The Morgan fingerprint density at radius 2 is 2.00 bits per heavy atom. The average molecular weight is 275 g/mol. The number of ether oxygens (including phenoxy) is 1. The largest absolute Gasteiger partial charge is 0.493 e. The van der Waals surface area contributed by atoms with Gasteiger partial charge in [0.15, 0.2) is 0 Å². The molecular weight excluding hydrogens is 259 g/mol. The highest BCUT2D eigenvalue weighted by Gasteiger charge is 2.33. The van der Waals surface area contributed by atoms with Crippen molar-refractivity contribution in [1.29, 1.82) is 0 Å². The SMILES string of the molecule is CC(CCCOc1ccccc1C(F)(F)F)C(N)=O. The first-order chi connectivity index (χ1) is 8.82. The van der Waals surface area contributed by atoms with Crippen molar-refractivity contribution in [3.05, 3.63) is 29.8 Å². The molecule has 1 rings (SSSR count). The van der Waals surface area contributed by atoms with Crippen LogP contribution in [-0.2, 0) is 11.0 Å². The van der Waals surface area contributed by atoms with Crippen molar-refractivity contribution in [2.75, 3.05) is 6.61 Å². The normalized spacial score (nSPS) is 13.1. The summed E-state index contributed by atoms with van der Waals surface area (Å²) in [6.07, 6.45) is -3.48. The quantitative estimate of drug-likeness (QED) is 0.811. The molecule has 19 heavy (non-hydrogen) atoms. The van der Waals surface area contributed by atoms with Gasteiger partial charge in [-0.25, -0.2) is 0 Å². The zero-order chi connectivity index (χ0) is 14.5. The van der Waals surface area contributed by atoms with Gasteiger partial charge in [0, 0.05) is 5.92 Å². The molecule has 1 atom stereocenters. The molecule has 0 radical (unpaired) electrons. The van der Waals surface area contributed by atoms with Gasteiger partial charge >= 0.3 is 6.18 Å². The van der Waals surface area contributed by atoms with Crippen LogP contribution in [0.15, 0.2) is 24.3 Å². The molecule has 0 aliphatic rings. The van der Waals surface area contributed by atoms with Crippen molar-refractivity contribution < 1.29 is 22.7 Å². The molecule has 1 aromatic rings. The van der Waals surface area contributed by atoms with E-state index in [1.807, 2.05) is 0 Å². The monoisotopic (exact) mass is 275 g/mol. The van der Waals surface area contributed by atoms with Gasteiger partial charge in [0.2, 0.25) is 5.91 Å². The van der Waals surface area contributed by atoms with Crippen LogP contribution in [0.3, 0.4) is 0 Å². The van der Waals surface area contributed by atoms with Crippen molar-refractivity contribution in [3.63, 3.8) is 0 Å². The molecule has 0 spiro atoms. The third-order valence-corrected chi connectivity index (χ3v) is 2.72. The second-order valence-corrected chi connectivity index (χ2v) is 4.29. The summed E-state index contributed by atoms with van der Waals surface area (Å²) < 4.78 is 43.1. The molecule has 0 aliphatic heterocycles. The zero-order valence-corrected chi connectivity index (χ0v) is 10.5. The number of halogens is 3. The topological polar surface area (TPSA) is 52.3 Å². The summed E-state index contributed by atoms with van der Waals surface area (Å²) in [5.41, 5.74) is 4.29. The Hall–Kier alpha value is -1.72. The standard InChI is InChI=1S/C13H16F3NO2/c1-9(12(17)18)5-4-8-19-11-7-3-2-6-10(11)13(14,15)16/h2-3,6-7,9H,4-5,8H2,1H3,(H2,17,18). The van der Waals surface area contributed by atoms with Gasteiger partial charge in [-0.15, -0.1) is 0 Å². The molecule has 0 fully saturated rings. The Labute approximate surface area is 109 Å². The van der Waals surface area contributed by atoms with E-state index in [1.165, 1.54) is 18.2 Å². The third kappa shape index (κ3) is 4.81. The van der Waals surface area contributed by atoms with Crippen LogP contribution in [0.2, 0.25) is 0 Å². The number of nitrogens with two attached hydrogens (primary N) is 1. The molecule has 106 valence electrons. The van der Waals surface area contributed by atoms with Gasteiger partial charge in [0.25, 0.3) is 0 Å². The molecule has 0 bridgehead atoms. The summed E-state index contributed by atoms with van der Waals surface area (Å²) >= 11 is 0. The fourth-order valence-electron chi connectivity index (χ4n) is 1.54. The van der Waals surface area contributed by atoms with E-state index in [2.05, 4.69) is 0 Å². The highest BCUT2D eigenvalue weighted by atomic mass is 19.4. The molecule has 0 saturated heterocycles. The number of primary amides is 1. The van der Waals surface area contributed by atoms with E-state index < -0.39 is 17.6 Å². The van der Waals surface area contributed by atoms with Crippen molar-refractivity contribution in [1.82, 2.24) is 0 Å². The summed E-state index contributed by atoms with van der Waals surface area (Å²) in [5, 5.41) is 0. The average Bonchev–Trinajstić information content (AvgIpc) is 2.33. The number of hydrogen-bond donors (Lipinski definition) is 1. The highest BCUT2D eigenvalue weighted by Crippen LogP contribution is 2.35. The number of hydrogen-bond acceptors (Lipinski definition) is 2. The second-order valence-electron chi connectivity index (χ2n) is 4.29. The Morgan fingerprint density at radius 1 is 1.37 bits per heavy atom. The smallest absolute Gasteiger partial charge is 0.419 e. The fraction of sp³-hybridized carbons (Fsp3) is 0.462. The lowest BCUT2D eigenvalue weighted by molar-refractivity contribution is -0.139. The maximum atomic E-state index is 12.7. The molecule has 3 nitrogen and oxygen atoms in total. The van der Waals surface area contributed by atoms with Crippen LogP contribution in [0.5, 0.6) is 5.75 Å². The van der Waals surface area contributed by atoms with Crippen LogP contribution in [0, 0.1) is 5.92 Å². The lowest BCUT2D eigenvalue weighted by Crippen LogP contribution is -2.21. The van der Waals surface area contributed by atoms with Crippen LogP contribution in [0.1, 0.15) is 25.3 Å². The number of carbonyl (C=O) groups excluding carboxylic acids is 1. The summed E-state index contributed by atoms with van der Waals surface area (Å²) in [4.78, 5) is 10.8. The van der Waals surface area contributed by atoms with Gasteiger partial charge < -0.3 is 10.5 Å². The molecule has 1 unspecified atom stereocenters. The third-order valence-electron chi connectivity index (χ3n) is 2.72. The minimum Gasteiger partial charge on any atom is -0.493 e. The van der Waals surface area contributed by atoms with Crippen molar-refractivity contribution in [3.8, 4) is 5.75 Å². The van der Waals surface area contributed by atoms with Crippen LogP contribution in [-0.4, -0.2) is 12.5 Å². The van der Waals surface area contributed by atoms with Crippen molar-refractivity contribution >= 4 is 5.91 Å². The minimum absolute atomic E-state index is 0.116. The van der Waals surface area contributed by atoms with Gasteiger partial charge in [0.1, 0.15) is 5.75 Å².